The lowest BCUT2D eigenvalue weighted by Crippen LogP contribution is -2.29. The lowest BCUT2D eigenvalue weighted by Gasteiger charge is -2.25. The number of carbonyl (C=O) groups excluding carboxylic acids is 3. The minimum absolute atomic E-state index is 0.0261. The summed E-state index contributed by atoms with van der Waals surface area (Å²) in [5.41, 5.74) is 1.43. The van der Waals surface area contributed by atoms with Crippen LogP contribution >= 0.6 is 0 Å². The van der Waals surface area contributed by atoms with Crippen molar-refractivity contribution in [1.82, 2.24) is 14.9 Å². The van der Waals surface area contributed by atoms with E-state index in [1.54, 1.807) is 45.2 Å². The number of amides is 1. The zero-order chi connectivity index (χ0) is 26.9. The van der Waals surface area contributed by atoms with Crippen LogP contribution in [0.1, 0.15) is 51.4 Å². The summed E-state index contributed by atoms with van der Waals surface area (Å²) in [6, 6.07) is 7.83. The zero-order valence-electron chi connectivity index (χ0n) is 20.3. The number of aromatic amines is 1. The van der Waals surface area contributed by atoms with Gasteiger partial charge >= 0.3 is 5.97 Å². The van der Waals surface area contributed by atoms with Crippen LogP contribution in [0.4, 0.5) is 5.69 Å². The smallest absolute Gasteiger partial charge is 0.355 e. The number of esters is 1. The SMILES string of the molecule is CCOC(=O)c1[nH]c(C)c(C(O)=C2C(=O)C(=O)N(Cc3cccnc3)[C@@H]2c2cccc([N+](=O)[O-])c2)c1C. The number of nitrogens with one attached hydrogen (secondary N) is 1. The average molecular weight is 504 g/mol. The first kappa shape index (κ1) is 25.3. The topological polar surface area (TPSA) is 156 Å². The van der Waals surface area contributed by atoms with Gasteiger partial charge in [0.1, 0.15) is 11.5 Å². The summed E-state index contributed by atoms with van der Waals surface area (Å²) in [5.74, 6) is -2.95. The number of aromatic nitrogens is 2. The third kappa shape index (κ3) is 4.58. The number of nitro groups is 1. The number of benzene rings is 1. The minimum atomic E-state index is -1.13. The summed E-state index contributed by atoms with van der Waals surface area (Å²) in [4.78, 5) is 58.0. The molecule has 4 rings (SSSR count). The molecular weight excluding hydrogens is 480 g/mol. The molecule has 0 saturated carbocycles. The molecule has 0 spiro atoms. The predicted octanol–water partition coefficient (Wildman–Crippen LogP) is 3.73. The number of hydrogen-bond acceptors (Lipinski definition) is 8. The summed E-state index contributed by atoms with van der Waals surface area (Å²) >= 11 is 0. The normalized spacial score (nSPS) is 16.7. The average Bonchev–Trinajstić information content (AvgIpc) is 3.32. The number of nitrogens with zero attached hydrogens (tertiary/aromatic N) is 3. The first-order chi connectivity index (χ1) is 17.6. The molecule has 1 aliphatic heterocycles. The fourth-order valence-corrected chi connectivity index (χ4v) is 4.53. The van der Waals surface area contributed by atoms with E-state index < -0.39 is 34.4 Å². The molecule has 1 atom stereocenters. The monoisotopic (exact) mass is 504 g/mol. The van der Waals surface area contributed by atoms with Gasteiger partial charge in [-0.3, -0.25) is 24.7 Å². The summed E-state index contributed by atoms with van der Waals surface area (Å²) in [6.07, 6.45) is 3.10. The van der Waals surface area contributed by atoms with Crippen LogP contribution < -0.4 is 0 Å². The van der Waals surface area contributed by atoms with Gasteiger partial charge in [0.05, 0.1) is 23.1 Å². The number of aliphatic hydroxyl groups excluding tert-OH is 1. The van der Waals surface area contributed by atoms with Crippen molar-refractivity contribution in [2.75, 3.05) is 6.61 Å². The third-order valence-electron chi connectivity index (χ3n) is 6.17. The van der Waals surface area contributed by atoms with Gasteiger partial charge in [-0.15, -0.1) is 0 Å². The van der Waals surface area contributed by atoms with Gasteiger partial charge in [0, 0.05) is 42.3 Å². The molecule has 0 unspecified atom stereocenters. The van der Waals surface area contributed by atoms with Crippen molar-refractivity contribution < 1.29 is 29.2 Å². The number of non-ortho nitro benzene ring substituents is 1. The van der Waals surface area contributed by atoms with E-state index in [2.05, 4.69) is 9.97 Å². The lowest BCUT2D eigenvalue weighted by atomic mass is 9.93. The molecule has 2 aromatic heterocycles. The Balaban J connectivity index is 1.92. The molecule has 1 aliphatic rings. The van der Waals surface area contributed by atoms with Crippen molar-refractivity contribution in [2.45, 2.75) is 33.4 Å². The third-order valence-corrected chi connectivity index (χ3v) is 6.17. The molecule has 3 aromatic rings. The van der Waals surface area contributed by atoms with E-state index in [4.69, 9.17) is 4.74 Å². The van der Waals surface area contributed by atoms with Crippen LogP contribution in [0.25, 0.3) is 5.76 Å². The summed E-state index contributed by atoms with van der Waals surface area (Å²) < 4.78 is 5.06. The highest BCUT2D eigenvalue weighted by Crippen LogP contribution is 2.42. The van der Waals surface area contributed by atoms with Crippen molar-refractivity contribution in [3.05, 3.63) is 98.1 Å². The van der Waals surface area contributed by atoms with Crippen LogP contribution in [-0.2, 0) is 20.9 Å². The molecule has 11 nitrogen and oxygen atoms in total. The van der Waals surface area contributed by atoms with Crippen molar-refractivity contribution >= 4 is 29.1 Å². The fourth-order valence-electron chi connectivity index (χ4n) is 4.53. The number of hydrogen-bond donors (Lipinski definition) is 2. The number of likely N-dealkylation sites (tertiary alicyclic amines) is 1. The first-order valence-electron chi connectivity index (χ1n) is 11.4. The molecule has 0 aliphatic carbocycles. The van der Waals surface area contributed by atoms with Crippen LogP contribution in [0.15, 0.2) is 54.4 Å². The summed E-state index contributed by atoms with van der Waals surface area (Å²) in [5, 5.41) is 22.9. The number of pyridine rings is 1. The summed E-state index contributed by atoms with van der Waals surface area (Å²) in [6.45, 7) is 4.97. The second-order valence-electron chi connectivity index (χ2n) is 8.49. The second kappa shape index (κ2) is 10.1. The highest BCUT2D eigenvalue weighted by molar-refractivity contribution is 6.46. The largest absolute Gasteiger partial charge is 0.507 e. The number of rotatable bonds is 7. The Hall–Kier alpha value is -4.80. The molecule has 37 heavy (non-hydrogen) atoms. The molecule has 1 amide bonds. The molecule has 190 valence electrons. The number of ketones is 1. The van der Waals surface area contributed by atoms with Gasteiger partial charge in [-0.25, -0.2) is 4.79 Å². The highest BCUT2D eigenvalue weighted by Gasteiger charge is 2.47. The van der Waals surface area contributed by atoms with Gasteiger partial charge in [0.15, 0.2) is 0 Å². The second-order valence-corrected chi connectivity index (χ2v) is 8.49. The van der Waals surface area contributed by atoms with Gasteiger partial charge in [0.2, 0.25) is 0 Å². The Morgan fingerprint density at radius 2 is 2.00 bits per heavy atom. The van der Waals surface area contributed by atoms with Crippen molar-refractivity contribution in [3.8, 4) is 0 Å². The van der Waals surface area contributed by atoms with Gasteiger partial charge < -0.3 is 19.7 Å². The van der Waals surface area contributed by atoms with Crippen LogP contribution in [0.5, 0.6) is 0 Å². The Morgan fingerprint density at radius 1 is 1.24 bits per heavy atom. The number of nitro benzene ring substituents is 1. The van der Waals surface area contributed by atoms with Crippen molar-refractivity contribution in [1.29, 1.82) is 0 Å². The Kier molecular flexibility index (Phi) is 6.87. The van der Waals surface area contributed by atoms with E-state index in [-0.39, 0.29) is 41.2 Å². The van der Waals surface area contributed by atoms with E-state index in [1.165, 1.54) is 29.3 Å². The molecule has 11 heteroatoms. The van der Waals surface area contributed by atoms with E-state index in [9.17, 15) is 29.6 Å². The van der Waals surface area contributed by atoms with Crippen molar-refractivity contribution in [2.24, 2.45) is 0 Å². The van der Waals surface area contributed by atoms with Gasteiger partial charge in [-0.2, -0.15) is 0 Å². The highest BCUT2D eigenvalue weighted by atomic mass is 16.6. The van der Waals surface area contributed by atoms with Crippen LogP contribution in [0, 0.1) is 24.0 Å². The van der Waals surface area contributed by atoms with Gasteiger partial charge in [-0.1, -0.05) is 18.2 Å². The number of ether oxygens (including phenoxy) is 1. The maximum atomic E-state index is 13.3. The summed E-state index contributed by atoms with van der Waals surface area (Å²) in [7, 11) is 0. The van der Waals surface area contributed by atoms with Crippen molar-refractivity contribution in [3.63, 3.8) is 0 Å². The molecule has 0 radical (unpaired) electrons. The van der Waals surface area contributed by atoms with E-state index >= 15 is 0 Å². The van der Waals surface area contributed by atoms with Gasteiger partial charge in [0.25, 0.3) is 17.4 Å². The number of aliphatic hydroxyl groups is 1. The molecule has 0 bridgehead atoms. The van der Waals surface area contributed by atoms with E-state index in [0.717, 1.165) is 0 Å². The molecule has 1 aromatic carbocycles. The first-order valence-corrected chi connectivity index (χ1v) is 11.4. The molecule has 2 N–H and O–H groups in total. The van der Waals surface area contributed by atoms with Crippen LogP contribution in [0.2, 0.25) is 0 Å². The number of aryl methyl sites for hydroxylation is 1. The van der Waals surface area contributed by atoms with E-state index in [0.29, 0.717) is 16.8 Å². The van der Waals surface area contributed by atoms with Crippen LogP contribution in [0.3, 0.4) is 0 Å². The molecule has 1 saturated heterocycles. The lowest BCUT2D eigenvalue weighted by molar-refractivity contribution is -0.384. The quantitative estimate of drug-likeness (QED) is 0.123. The van der Waals surface area contributed by atoms with E-state index in [1.807, 2.05) is 0 Å². The predicted molar refractivity (Wildman–Crippen MR) is 131 cm³/mol. The maximum absolute atomic E-state index is 13.3. The number of H-pyrrole nitrogens is 1. The minimum Gasteiger partial charge on any atom is -0.507 e. The molecular formula is C26H24N4O7. The number of carbonyl (C=O) groups is 3. The standard InChI is InChI=1S/C26H24N4O7/c1-4-37-26(34)21-14(2)19(15(3)28-21)23(31)20-22(17-8-5-9-18(11-17)30(35)36)29(25(33)24(20)32)13-16-7-6-10-27-12-16/h5-12,22,28,31H,4,13H2,1-3H3/t22-/m1/s1. The zero-order valence-corrected chi connectivity index (χ0v) is 20.3. The number of Topliss-reactive ketones (excluding diaryl/α,β-unsaturated/α-hetero) is 1. The fraction of sp³-hybridized carbons (Fsp3) is 0.231. The Labute approximate surface area is 211 Å². The Bertz CT molecular complexity index is 1440. The Morgan fingerprint density at radius 3 is 2.65 bits per heavy atom. The van der Waals surface area contributed by atoms with Crippen LogP contribution in [-0.4, -0.2) is 49.2 Å². The maximum Gasteiger partial charge on any atom is 0.355 e. The van der Waals surface area contributed by atoms with Gasteiger partial charge in [-0.05, 0) is 43.5 Å². The molecule has 1 fully saturated rings. The molecule has 3 heterocycles.